The standard InChI is InChI=1S/C16H25N7O5.C2HF3O2/c1-9-7-23(16(26)20-14(9)24)13-6-11(21-22-19)12(28-13)8-27-15(25)10(18)4-2-3-5-17;3-2(4,5)1(6)7/h7,10-13H,2-6,8,17-18H2,1H3,(H,20,24,26);(H,6,7)/t10?,11?,12-,13-;/m1./s1. The third-order valence-corrected chi connectivity index (χ3v) is 4.76. The number of nitrogens with zero attached hydrogens (tertiary/aromatic N) is 4. The summed E-state index contributed by atoms with van der Waals surface area (Å²) in [4.78, 5) is 49.5. The normalized spacial score (nSPS) is 20.2. The number of nitrogens with two attached hydrogens (primary N) is 2. The van der Waals surface area contributed by atoms with Gasteiger partial charge in [-0.2, -0.15) is 13.2 Å². The van der Waals surface area contributed by atoms with Crippen molar-refractivity contribution in [2.24, 2.45) is 16.6 Å². The number of esters is 1. The fourth-order valence-corrected chi connectivity index (χ4v) is 2.92. The highest BCUT2D eigenvalue weighted by Gasteiger charge is 2.38. The van der Waals surface area contributed by atoms with E-state index >= 15 is 0 Å². The second-order valence-corrected chi connectivity index (χ2v) is 7.44. The summed E-state index contributed by atoms with van der Waals surface area (Å²) in [5, 5.41) is 10.8. The van der Waals surface area contributed by atoms with Crippen LogP contribution < -0.4 is 22.7 Å². The molecule has 1 aromatic rings. The lowest BCUT2D eigenvalue weighted by Gasteiger charge is -2.18. The number of hydrogen-bond acceptors (Lipinski definition) is 9. The van der Waals surface area contributed by atoms with E-state index in [1.165, 1.54) is 10.8 Å². The number of carboxylic acid groups (broad SMARTS) is 1. The zero-order valence-electron chi connectivity index (χ0n) is 18.6. The number of hydrogen-bond donors (Lipinski definition) is 4. The van der Waals surface area contributed by atoms with Crippen molar-refractivity contribution in [3.8, 4) is 0 Å². The maximum atomic E-state index is 12.0. The molecule has 0 amide bonds. The van der Waals surface area contributed by atoms with Gasteiger partial charge in [0.15, 0.2) is 0 Å². The van der Waals surface area contributed by atoms with E-state index in [0.29, 0.717) is 24.9 Å². The Morgan fingerprint density at radius 3 is 2.60 bits per heavy atom. The Kier molecular flexibility index (Phi) is 11.4. The average Bonchev–Trinajstić information content (AvgIpc) is 3.17. The molecule has 2 rings (SSSR count). The molecule has 1 saturated heterocycles. The largest absolute Gasteiger partial charge is 0.490 e. The number of carbonyl (C=O) groups is 2. The molecule has 1 fully saturated rings. The molecule has 4 atom stereocenters. The summed E-state index contributed by atoms with van der Waals surface area (Å²) in [5.41, 5.74) is 19.2. The zero-order valence-corrected chi connectivity index (χ0v) is 18.6. The molecule has 1 aromatic heterocycles. The topological polar surface area (TPSA) is 228 Å². The van der Waals surface area contributed by atoms with Crippen LogP contribution in [0.25, 0.3) is 10.4 Å². The van der Waals surface area contributed by atoms with Crippen LogP contribution in [0.3, 0.4) is 0 Å². The van der Waals surface area contributed by atoms with Gasteiger partial charge in [-0.3, -0.25) is 19.1 Å². The zero-order chi connectivity index (χ0) is 26.8. The van der Waals surface area contributed by atoms with E-state index in [4.69, 9.17) is 36.4 Å². The number of aromatic nitrogens is 2. The maximum Gasteiger partial charge on any atom is 0.490 e. The third-order valence-electron chi connectivity index (χ3n) is 4.76. The molecule has 0 spiro atoms. The number of azide groups is 1. The third kappa shape index (κ3) is 9.40. The van der Waals surface area contributed by atoms with Gasteiger partial charge >= 0.3 is 23.8 Å². The van der Waals surface area contributed by atoms with Gasteiger partial charge in [-0.15, -0.1) is 0 Å². The van der Waals surface area contributed by atoms with Gasteiger partial charge in [-0.05, 0) is 31.8 Å². The molecule has 0 aliphatic carbocycles. The minimum absolute atomic E-state index is 0.166. The number of rotatable bonds is 9. The van der Waals surface area contributed by atoms with Crippen LogP contribution in [0.1, 0.15) is 37.5 Å². The van der Waals surface area contributed by atoms with Crippen molar-refractivity contribution in [2.45, 2.75) is 63.2 Å². The van der Waals surface area contributed by atoms with Crippen molar-refractivity contribution in [2.75, 3.05) is 13.2 Å². The summed E-state index contributed by atoms with van der Waals surface area (Å²) < 4.78 is 43.9. The van der Waals surface area contributed by atoms with Crippen LogP contribution in [0.2, 0.25) is 0 Å². The molecule has 17 heteroatoms. The summed E-state index contributed by atoms with van der Waals surface area (Å²) in [5.74, 6) is -3.34. The van der Waals surface area contributed by atoms with E-state index in [1.54, 1.807) is 6.92 Å². The van der Waals surface area contributed by atoms with Crippen molar-refractivity contribution in [3.63, 3.8) is 0 Å². The Hall–Kier alpha value is -3.40. The Morgan fingerprint density at radius 2 is 2.06 bits per heavy atom. The molecule has 1 aliphatic heterocycles. The Labute approximate surface area is 195 Å². The van der Waals surface area contributed by atoms with Gasteiger partial charge in [0.05, 0.1) is 6.04 Å². The molecule has 2 heterocycles. The predicted molar refractivity (Wildman–Crippen MR) is 113 cm³/mol. The average molecular weight is 509 g/mol. The van der Waals surface area contributed by atoms with E-state index < -0.39 is 53.8 Å². The van der Waals surface area contributed by atoms with Crippen molar-refractivity contribution in [1.29, 1.82) is 0 Å². The summed E-state index contributed by atoms with van der Waals surface area (Å²) in [6, 6.07) is -1.42. The van der Waals surface area contributed by atoms with Gasteiger partial charge in [0.25, 0.3) is 5.56 Å². The number of aliphatic carboxylic acids is 1. The Morgan fingerprint density at radius 1 is 1.43 bits per heavy atom. The molecule has 1 aliphatic rings. The molecule has 0 radical (unpaired) electrons. The fraction of sp³-hybridized carbons (Fsp3) is 0.667. The number of halogens is 3. The lowest BCUT2D eigenvalue weighted by atomic mass is 10.1. The van der Waals surface area contributed by atoms with Gasteiger partial charge in [-0.1, -0.05) is 11.5 Å². The van der Waals surface area contributed by atoms with E-state index in [2.05, 4.69) is 15.0 Å². The van der Waals surface area contributed by atoms with Crippen molar-refractivity contribution >= 4 is 11.9 Å². The molecule has 0 saturated carbocycles. The number of aryl methyl sites for hydroxylation is 1. The SMILES string of the molecule is Cc1cn([C@H]2CC(N=[N+]=[N-])[C@@H](COC(=O)C(N)CCCCN)O2)c(=O)[nH]c1=O.O=C(O)C(F)(F)F. The minimum Gasteiger partial charge on any atom is -0.475 e. The molecule has 6 N–H and O–H groups in total. The minimum atomic E-state index is -5.08. The van der Waals surface area contributed by atoms with Gasteiger partial charge in [-0.25, -0.2) is 9.59 Å². The van der Waals surface area contributed by atoms with Crippen LogP contribution in [0.5, 0.6) is 0 Å². The number of H-pyrrole nitrogens is 1. The molecular formula is C18H26F3N7O7. The number of unbranched alkanes of at least 4 members (excludes halogenated alkanes) is 1. The maximum absolute atomic E-state index is 12.0. The first-order valence-electron chi connectivity index (χ1n) is 10.3. The number of ether oxygens (including phenoxy) is 2. The molecule has 2 unspecified atom stereocenters. The molecule has 35 heavy (non-hydrogen) atoms. The van der Waals surface area contributed by atoms with Gasteiger partial charge in [0, 0.05) is 23.1 Å². The Balaban J connectivity index is 0.000000762. The first kappa shape index (κ1) is 29.6. The highest BCUT2D eigenvalue weighted by Crippen LogP contribution is 2.30. The summed E-state index contributed by atoms with van der Waals surface area (Å²) in [6.45, 7) is 1.91. The highest BCUT2D eigenvalue weighted by molar-refractivity contribution is 5.75. The van der Waals surface area contributed by atoms with Crippen molar-refractivity contribution in [1.82, 2.24) is 9.55 Å². The molecular weight excluding hydrogens is 483 g/mol. The van der Waals surface area contributed by atoms with E-state index in [1.807, 2.05) is 0 Å². The first-order valence-corrected chi connectivity index (χ1v) is 10.3. The van der Waals surface area contributed by atoms with Crippen LogP contribution >= 0.6 is 0 Å². The lowest BCUT2D eigenvalue weighted by Crippen LogP contribution is -2.36. The number of aromatic amines is 1. The van der Waals surface area contributed by atoms with Crippen molar-refractivity contribution < 1.29 is 37.3 Å². The van der Waals surface area contributed by atoms with E-state index in [9.17, 15) is 27.6 Å². The molecule has 196 valence electrons. The van der Waals surface area contributed by atoms with Crippen LogP contribution in [-0.4, -0.2) is 64.1 Å². The number of nitrogens with one attached hydrogen (secondary N) is 1. The van der Waals surface area contributed by atoms with Gasteiger partial charge in [0.2, 0.25) is 0 Å². The number of carboxylic acids is 1. The smallest absolute Gasteiger partial charge is 0.475 e. The number of alkyl halides is 3. The predicted octanol–water partition coefficient (Wildman–Crippen LogP) is 0.444. The van der Waals surface area contributed by atoms with Crippen LogP contribution in [-0.2, 0) is 19.1 Å². The Bertz CT molecular complexity index is 1040. The van der Waals surface area contributed by atoms with Crippen LogP contribution in [0, 0.1) is 6.92 Å². The van der Waals surface area contributed by atoms with Crippen molar-refractivity contribution in [3.05, 3.63) is 43.0 Å². The highest BCUT2D eigenvalue weighted by atomic mass is 19.4. The lowest BCUT2D eigenvalue weighted by molar-refractivity contribution is -0.192. The van der Waals surface area contributed by atoms with Crippen LogP contribution in [0.15, 0.2) is 20.9 Å². The van der Waals surface area contributed by atoms with Gasteiger partial charge < -0.3 is 26.0 Å². The number of carbonyl (C=O) groups excluding carboxylic acids is 1. The summed E-state index contributed by atoms with van der Waals surface area (Å²) >= 11 is 0. The molecule has 14 nitrogen and oxygen atoms in total. The quantitative estimate of drug-likeness (QED) is 0.119. The van der Waals surface area contributed by atoms with Crippen LogP contribution in [0.4, 0.5) is 13.2 Å². The van der Waals surface area contributed by atoms with E-state index in [-0.39, 0.29) is 13.0 Å². The second-order valence-electron chi connectivity index (χ2n) is 7.44. The van der Waals surface area contributed by atoms with E-state index in [0.717, 1.165) is 6.42 Å². The fourth-order valence-electron chi connectivity index (χ4n) is 2.92. The van der Waals surface area contributed by atoms with Gasteiger partial charge in [0.1, 0.15) is 25.0 Å². The summed E-state index contributed by atoms with van der Waals surface area (Å²) in [6.07, 6.45) is -3.08. The first-order chi connectivity index (χ1) is 16.3. The monoisotopic (exact) mass is 509 g/mol. The summed E-state index contributed by atoms with van der Waals surface area (Å²) in [7, 11) is 0. The molecule has 0 bridgehead atoms. The molecule has 0 aromatic carbocycles. The second kappa shape index (κ2) is 13.5.